The number of amides is 3. The van der Waals surface area contributed by atoms with Crippen LogP contribution in [0.15, 0.2) is 69.2 Å². The molecule has 7 nitrogen and oxygen atoms in total. The number of carbonyl (C=O) groups excluding carboxylic acids is 2. The number of nitrogens with zero attached hydrogens (tertiary/aromatic N) is 1. The van der Waals surface area contributed by atoms with Crippen molar-refractivity contribution in [3.63, 3.8) is 0 Å². The molecule has 1 aliphatic heterocycles. The number of halogens is 2. The lowest BCUT2D eigenvalue weighted by Crippen LogP contribution is -2.35. The third kappa shape index (κ3) is 4.53. The molecule has 9 heteroatoms. The van der Waals surface area contributed by atoms with Gasteiger partial charge in [0.1, 0.15) is 24.6 Å². The normalized spacial score (nSPS) is 14.8. The van der Waals surface area contributed by atoms with Crippen LogP contribution in [-0.2, 0) is 16.2 Å². The predicted molar refractivity (Wildman–Crippen MR) is 126 cm³/mol. The number of carboxylic acid groups (broad SMARTS) is 1. The summed E-state index contributed by atoms with van der Waals surface area (Å²) < 4.78 is 7.36. The Morgan fingerprint density at radius 2 is 1.75 bits per heavy atom. The Bertz CT molecular complexity index is 1260. The van der Waals surface area contributed by atoms with Crippen LogP contribution in [-0.4, -0.2) is 34.5 Å². The van der Waals surface area contributed by atoms with E-state index in [9.17, 15) is 14.4 Å². The molecule has 0 atom stereocenters. The minimum absolute atomic E-state index is 0.000487. The van der Waals surface area contributed by atoms with Crippen LogP contribution in [0.5, 0.6) is 5.75 Å². The molecule has 3 aromatic carbocycles. The van der Waals surface area contributed by atoms with E-state index in [-0.39, 0.29) is 5.70 Å². The number of fused-ring (bicyclic) bond motifs is 1. The Hall–Kier alpha value is -3.17. The number of ether oxygens (including phenoxy) is 1. The van der Waals surface area contributed by atoms with Crippen molar-refractivity contribution in [3.05, 3.63) is 80.4 Å². The average molecular weight is 560 g/mol. The zero-order valence-electron chi connectivity index (χ0n) is 16.5. The lowest BCUT2D eigenvalue weighted by Gasteiger charge is -2.13. The average Bonchev–Trinajstić information content (AvgIpc) is 3.00. The Morgan fingerprint density at radius 1 is 1.06 bits per heavy atom. The number of hydrogen-bond donors (Lipinski definition) is 2. The number of rotatable bonds is 6. The summed E-state index contributed by atoms with van der Waals surface area (Å²) in [6.07, 6.45) is 1.48. The van der Waals surface area contributed by atoms with Crippen molar-refractivity contribution in [1.82, 2.24) is 10.2 Å². The summed E-state index contributed by atoms with van der Waals surface area (Å²) in [6.45, 7) is -0.339. The number of nitrogens with one attached hydrogen (secondary N) is 1. The van der Waals surface area contributed by atoms with Crippen molar-refractivity contribution in [2.24, 2.45) is 0 Å². The van der Waals surface area contributed by atoms with Gasteiger partial charge in [-0.15, -0.1) is 0 Å². The first-order valence-corrected chi connectivity index (χ1v) is 11.1. The zero-order chi connectivity index (χ0) is 22.8. The molecule has 0 spiro atoms. The van der Waals surface area contributed by atoms with Crippen molar-refractivity contribution in [2.45, 2.75) is 6.61 Å². The molecule has 0 unspecified atom stereocenters. The van der Waals surface area contributed by atoms with E-state index < -0.39 is 24.5 Å². The summed E-state index contributed by atoms with van der Waals surface area (Å²) in [4.78, 5) is 35.7. The van der Waals surface area contributed by atoms with Crippen LogP contribution in [0.3, 0.4) is 0 Å². The van der Waals surface area contributed by atoms with Crippen LogP contribution in [0.2, 0.25) is 0 Å². The van der Waals surface area contributed by atoms with Crippen LogP contribution in [0.4, 0.5) is 4.79 Å². The number of urea groups is 1. The molecule has 162 valence electrons. The SMILES string of the molecule is O=C(O)CN1C(=O)N/C(=C/c2cc(Br)c(OCc3cccc4ccccc34)c(Br)c2)C1=O. The van der Waals surface area contributed by atoms with Gasteiger partial charge in [0, 0.05) is 0 Å². The van der Waals surface area contributed by atoms with Crippen molar-refractivity contribution >= 4 is 66.6 Å². The van der Waals surface area contributed by atoms with Gasteiger partial charge in [-0.05, 0) is 72.0 Å². The van der Waals surface area contributed by atoms with Gasteiger partial charge in [-0.25, -0.2) is 9.69 Å². The summed E-state index contributed by atoms with van der Waals surface area (Å²) >= 11 is 7.00. The van der Waals surface area contributed by atoms with Crippen molar-refractivity contribution in [2.75, 3.05) is 6.54 Å². The van der Waals surface area contributed by atoms with E-state index in [1.807, 2.05) is 42.5 Å². The van der Waals surface area contributed by atoms with Gasteiger partial charge in [0.15, 0.2) is 0 Å². The number of aliphatic carboxylic acids is 1. The Morgan fingerprint density at radius 3 is 2.47 bits per heavy atom. The monoisotopic (exact) mass is 558 g/mol. The molecule has 3 aromatic rings. The smallest absolute Gasteiger partial charge is 0.329 e. The molecular formula is C23H16Br2N2O5. The minimum atomic E-state index is -1.27. The first kappa shape index (κ1) is 22.0. The van der Waals surface area contributed by atoms with Crippen molar-refractivity contribution in [1.29, 1.82) is 0 Å². The molecule has 1 fully saturated rings. The molecule has 0 radical (unpaired) electrons. The predicted octanol–water partition coefficient (Wildman–Crippen LogP) is 4.92. The van der Waals surface area contributed by atoms with E-state index in [1.54, 1.807) is 12.1 Å². The molecule has 32 heavy (non-hydrogen) atoms. The molecule has 0 aliphatic carbocycles. The lowest BCUT2D eigenvalue weighted by molar-refractivity contribution is -0.140. The minimum Gasteiger partial charge on any atom is -0.487 e. The molecule has 3 amide bonds. The van der Waals surface area contributed by atoms with Crippen LogP contribution in [0, 0.1) is 0 Å². The molecule has 1 aliphatic rings. The second kappa shape index (κ2) is 9.13. The maximum Gasteiger partial charge on any atom is 0.329 e. The standard InChI is InChI=1S/C23H16Br2N2O5/c24-17-8-13(10-19-22(30)27(11-20(28)29)23(31)26-19)9-18(25)21(17)32-12-15-6-3-5-14-4-1-2-7-16(14)15/h1-10H,11-12H2,(H,26,31)(H,28,29)/b19-10+. The van der Waals surface area contributed by atoms with E-state index in [0.29, 0.717) is 31.8 Å². The number of imide groups is 1. The highest BCUT2D eigenvalue weighted by Gasteiger charge is 2.34. The first-order chi connectivity index (χ1) is 15.3. The van der Waals surface area contributed by atoms with E-state index in [4.69, 9.17) is 9.84 Å². The summed E-state index contributed by atoms with van der Waals surface area (Å²) in [6, 6.07) is 16.9. The number of hydrogen-bond acceptors (Lipinski definition) is 4. The molecule has 4 rings (SSSR count). The van der Waals surface area contributed by atoms with Gasteiger partial charge in [0.25, 0.3) is 5.91 Å². The maximum atomic E-state index is 12.3. The van der Waals surface area contributed by atoms with Gasteiger partial charge < -0.3 is 15.2 Å². The summed E-state index contributed by atoms with van der Waals surface area (Å²) in [7, 11) is 0. The second-order valence-corrected chi connectivity index (χ2v) is 8.72. The van der Waals surface area contributed by atoms with E-state index in [0.717, 1.165) is 16.3 Å². The molecule has 0 bridgehead atoms. The molecule has 2 N–H and O–H groups in total. The Balaban J connectivity index is 1.55. The fourth-order valence-electron chi connectivity index (χ4n) is 3.39. The highest BCUT2D eigenvalue weighted by Crippen LogP contribution is 2.36. The number of carbonyl (C=O) groups is 3. The lowest BCUT2D eigenvalue weighted by atomic mass is 10.1. The van der Waals surface area contributed by atoms with Gasteiger partial charge in [-0.3, -0.25) is 9.59 Å². The van der Waals surface area contributed by atoms with Crippen LogP contribution < -0.4 is 10.1 Å². The highest BCUT2D eigenvalue weighted by atomic mass is 79.9. The van der Waals surface area contributed by atoms with Crippen LogP contribution in [0.25, 0.3) is 16.8 Å². The summed E-state index contributed by atoms with van der Waals surface area (Å²) in [5.74, 6) is -1.37. The van der Waals surface area contributed by atoms with E-state index in [1.165, 1.54) is 6.08 Å². The summed E-state index contributed by atoms with van der Waals surface area (Å²) in [5.41, 5.74) is 1.66. The second-order valence-electron chi connectivity index (χ2n) is 7.01. The third-order valence-electron chi connectivity index (χ3n) is 4.84. The first-order valence-electron chi connectivity index (χ1n) is 9.48. The van der Waals surface area contributed by atoms with E-state index >= 15 is 0 Å². The van der Waals surface area contributed by atoms with Crippen LogP contribution >= 0.6 is 31.9 Å². The van der Waals surface area contributed by atoms with Crippen LogP contribution in [0.1, 0.15) is 11.1 Å². The summed E-state index contributed by atoms with van der Waals surface area (Å²) in [5, 5.41) is 13.5. The fraction of sp³-hybridized carbons (Fsp3) is 0.0870. The topological polar surface area (TPSA) is 95.9 Å². The molecule has 0 saturated carbocycles. The number of carboxylic acids is 1. The van der Waals surface area contributed by atoms with Gasteiger partial charge in [-0.1, -0.05) is 42.5 Å². The maximum absolute atomic E-state index is 12.3. The molecular weight excluding hydrogens is 544 g/mol. The fourth-order valence-corrected chi connectivity index (χ4v) is 4.84. The van der Waals surface area contributed by atoms with Crippen molar-refractivity contribution in [3.8, 4) is 5.75 Å². The Labute approximate surface area is 199 Å². The largest absolute Gasteiger partial charge is 0.487 e. The zero-order valence-corrected chi connectivity index (χ0v) is 19.6. The van der Waals surface area contributed by atoms with E-state index in [2.05, 4.69) is 37.2 Å². The number of benzene rings is 3. The molecule has 1 saturated heterocycles. The third-order valence-corrected chi connectivity index (χ3v) is 6.02. The van der Waals surface area contributed by atoms with Gasteiger partial charge in [0.05, 0.1) is 8.95 Å². The highest BCUT2D eigenvalue weighted by molar-refractivity contribution is 9.11. The quantitative estimate of drug-likeness (QED) is 0.330. The van der Waals surface area contributed by atoms with Gasteiger partial charge in [0.2, 0.25) is 0 Å². The molecule has 0 aromatic heterocycles. The van der Waals surface area contributed by atoms with Gasteiger partial charge >= 0.3 is 12.0 Å². The Kier molecular flexibility index (Phi) is 6.29. The van der Waals surface area contributed by atoms with Gasteiger partial charge in [-0.2, -0.15) is 0 Å². The molecule has 1 heterocycles. The van der Waals surface area contributed by atoms with Crippen molar-refractivity contribution < 1.29 is 24.2 Å².